The molecule has 1 rings (SSSR count). The Labute approximate surface area is 130 Å². The molecule has 0 bridgehead atoms. The molecule has 112 valence electrons. The summed E-state index contributed by atoms with van der Waals surface area (Å²) >= 11 is 3.51. The summed E-state index contributed by atoms with van der Waals surface area (Å²) in [5.41, 5.74) is 6.89. The number of amides is 1. The summed E-state index contributed by atoms with van der Waals surface area (Å²) in [6.45, 7) is 5.53. The van der Waals surface area contributed by atoms with Crippen molar-refractivity contribution in [1.82, 2.24) is 4.90 Å². The molecule has 0 radical (unpaired) electrons. The van der Waals surface area contributed by atoms with E-state index in [1.54, 1.807) is 4.90 Å². The molecule has 0 aliphatic heterocycles. The van der Waals surface area contributed by atoms with Crippen LogP contribution in [-0.4, -0.2) is 24.4 Å². The highest BCUT2D eigenvalue weighted by Crippen LogP contribution is 2.19. The van der Waals surface area contributed by atoms with Crippen molar-refractivity contribution in [3.63, 3.8) is 0 Å². The summed E-state index contributed by atoms with van der Waals surface area (Å²) in [7, 11) is 1.85. The zero-order valence-electron chi connectivity index (χ0n) is 12.6. The van der Waals surface area contributed by atoms with E-state index in [9.17, 15) is 4.79 Å². The van der Waals surface area contributed by atoms with E-state index in [0.29, 0.717) is 25.4 Å². The van der Waals surface area contributed by atoms with E-state index in [1.807, 2.05) is 31.3 Å². The van der Waals surface area contributed by atoms with Gasteiger partial charge in [-0.2, -0.15) is 0 Å². The number of hydrogen-bond acceptors (Lipinski definition) is 2. The topological polar surface area (TPSA) is 46.3 Å². The minimum atomic E-state index is 0.164. The Hall–Kier alpha value is -0.870. The van der Waals surface area contributed by atoms with E-state index in [4.69, 9.17) is 5.73 Å². The van der Waals surface area contributed by atoms with Gasteiger partial charge in [0.25, 0.3) is 0 Å². The molecule has 1 amide bonds. The van der Waals surface area contributed by atoms with E-state index in [1.165, 1.54) is 0 Å². The fraction of sp³-hybridized carbons (Fsp3) is 0.562. The van der Waals surface area contributed by atoms with E-state index in [-0.39, 0.29) is 11.8 Å². The lowest BCUT2D eigenvalue weighted by atomic mass is 9.94. The van der Waals surface area contributed by atoms with E-state index >= 15 is 0 Å². The van der Waals surface area contributed by atoms with Crippen molar-refractivity contribution in [3.8, 4) is 0 Å². The van der Waals surface area contributed by atoms with Crippen LogP contribution in [-0.2, 0) is 11.3 Å². The molecule has 2 N–H and O–H groups in total. The Balaban J connectivity index is 2.56. The third-order valence-corrected chi connectivity index (χ3v) is 4.17. The van der Waals surface area contributed by atoms with Gasteiger partial charge in [-0.15, -0.1) is 0 Å². The normalized spacial score (nSPS) is 12.5. The van der Waals surface area contributed by atoms with Gasteiger partial charge in [-0.05, 0) is 36.4 Å². The first-order valence-electron chi connectivity index (χ1n) is 7.11. The summed E-state index contributed by atoms with van der Waals surface area (Å²) in [5.74, 6) is 1.02. The standard InChI is InChI=1S/C16H25BrN2O/c1-12(2)8-13(10-18)9-16(20)19(3)11-14-6-4-5-7-15(14)17/h4-7,12-13H,8-11,18H2,1-3H3. The molecular weight excluding hydrogens is 316 g/mol. The molecule has 0 saturated heterocycles. The number of carbonyl (C=O) groups excluding carboxylic acids is 1. The van der Waals surface area contributed by atoms with Crippen LogP contribution in [0.5, 0.6) is 0 Å². The highest BCUT2D eigenvalue weighted by atomic mass is 79.9. The monoisotopic (exact) mass is 340 g/mol. The Morgan fingerprint density at radius 1 is 1.35 bits per heavy atom. The summed E-state index contributed by atoms with van der Waals surface area (Å²) in [4.78, 5) is 14.0. The van der Waals surface area contributed by atoms with Gasteiger partial charge >= 0.3 is 0 Å². The largest absolute Gasteiger partial charge is 0.341 e. The molecule has 1 atom stereocenters. The number of nitrogens with zero attached hydrogens (tertiary/aromatic N) is 1. The van der Waals surface area contributed by atoms with Gasteiger partial charge in [-0.25, -0.2) is 0 Å². The van der Waals surface area contributed by atoms with Crippen LogP contribution in [0.4, 0.5) is 0 Å². The number of nitrogens with two attached hydrogens (primary N) is 1. The summed E-state index contributed by atoms with van der Waals surface area (Å²) in [6.07, 6.45) is 1.54. The lowest BCUT2D eigenvalue weighted by molar-refractivity contribution is -0.131. The van der Waals surface area contributed by atoms with Crippen molar-refractivity contribution in [3.05, 3.63) is 34.3 Å². The van der Waals surface area contributed by atoms with Crippen LogP contribution in [0, 0.1) is 11.8 Å². The van der Waals surface area contributed by atoms with E-state index in [0.717, 1.165) is 16.5 Å². The maximum atomic E-state index is 12.3. The molecule has 1 aromatic rings. The number of rotatable bonds is 7. The second-order valence-electron chi connectivity index (χ2n) is 5.78. The number of benzene rings is 1. The third kappa shape index (κ3) is 5.63. The molecule has 0 saturated carbocycles. The number of carbonyl (C=O) groups is 1. The molecule has 20 heavy (non-hydrogen) atoms. The van der Waals surface area contributed by atoms with Crippen molar-refractivity contribution in [1.29, 1.82) is 0 Å². The Morgan fingerprint density at radius 2 is 2.00 bits per heavy atom. The molecule has 0 aliphatic carbocycles. The maximum absolute atomic E-state index is 12.3. The zero-order chi connectivity index (χ0) is 15.1. The van der Waals surface area contributed by atoms with Crippen molar-refractivity contribution < 1.29 is 4.79 Å². The summed E-state index contributed by atoms with van der Waals surface area (Å²) in [5, 5.41) is 0. The Bertz CT molecular complexity index is 434. The lowest BCUT2D eigenvalue weighted by Crippen LogP contribution is -2.30. The first kappa shape index (κ1) is 17.2. The van der Waals surface area contributed by atoms with Crippen LogP contribution in [0.15, 0.2) is 28.7 Å². The first-order chi connectivity index (χ1) is 9.43. The zero-order valence-corrected chi connectivity index (χ0v) is 14.2. The van der Waals surface area contributed by atoms with Crippen LogP contribution in [0.25, 0.3) is 0 Å². The second kappa shape index (κ2) is 8.42. The van der Waals surface area contributed by atoms with Crippen LogP contribution in [0.1, 0.15) is 32.3 Å². The fourth-order valence-corrected chi connectivity index (χ4v) is 2.71. The van der Waals surface area contributed by atoms with Gasteiger partial charge in [-0.3, -0.25) is 4.79 Å². The molecule has 0 heterocycles. The minimum absolute atomic E-state index is 0.164. The van der Waals surface area contributed by atoms with Gasteiger partial charge in [-0.1, -0.05) is 48.0 Å². The fourth-order valence-electron chi connectivity index (χ4n) is 2.30. The molecule has 0 aliphatic rings. The van der Waals surface area contributed by atoms with Crippen LogP contribution in [0.3, 0.4) is 0 Å². The van der Waals surface area contributed by atoms with Gasteiger partial charge < -0.3 is 10.6 Å². The van der Waals surface area contributed by atoms with Crippen molar-refractivity contribution in [2.45, 2.75) is 33.2 Å². The molecule has 1 aromatic carbocycles. The van der Waals surface area contributed by atoms with E-state index in [2.05, 4.69) is 29.8 Å². The van der Waals surface area contributed by atoms with Crippen LogP contribution < -0.4 is 5.73 Å². The van der Waals surface area contributed by atoms with Crippen molar-refractivity contribution in [2.75, 3.05) is 13.6 Å². The molecule has 0 fully saturated rings. The first-order valence-corrected chi connectivity index (χ1v) is 7.90. The molecular formula is C16H25BrN2O. The van der Waals surface area contributed by atoms with Gasteiger partial charge in [0.1, 0.15) is 0 Å². The quantitative estimate of drug-likeness (QED) is 0.826. The highest BCUT2D eigenvalue weighted by Gasteiger charge is 2.17. The summed E-state index contributed by atoms with van der Waals surface area (Å²) in [6, 6.07) is 7.99. The maximum Gasteiger partial charge on any atom is 0.222 e. The minimum Gasteiger partial charge on any atom is -0.341 e. The molecule has 4 heteroatoms. The smallest absolute Gasteiger partial charge is 0.222 e. The third-order valence-electron chi connectivity index (χ3n) is 3.39. The number of hydrogen-bond donors (Lipinski definition) is 1. The van der Waals surface area contributed by atoms with Gasteiger partial charge in [0.05, 0.1) is 0 Å². The molecule has 0 spiro atoms. The lowest BCUT2D eigenvalue weighted by Gasteiger charge is -2.22. The molecule has 1 unspecified atom stereocenters. The van der Waals surface area contributed by atoms with Gasteiger partial charge in [0, 0.05) is 24.5 Å². The number of halogens is 1. The molecule has 0 aromatic heterocycles. The highest BCUT2D eigenvalue weighted by molar-refractivity contribution is 9.10. The van der Waals surface area contributed by atoms with Crippen LogP contribution >= 0.6 is 15.9 Å². The Morgan fingerprint density at radius 3 is 2.55 bits per heavy atom. The summed E-state index contributed by atoms with van der Waals surface area (Å²) < 4.78 is 1.04. The average molecular weight is 341 g/mol. The SMILES string of the molecule is CC(C)CC(CN)CC(=O)N(C)Cc1ccccc1Br. The second-order valence-corrected chi connectivity index (χ2v) is 6.63. The van der Waals surface area contributed by atoms with Crippen molar-refractivity contribution in [2.24, 2.45) is 17.6 Å². The molecule has 3 nitrogen and oxygen atoms in total. The average Bonchev–Trinajstić information content (AvgIpc) is 2.39. The van der Waals surface area contributed by atoms with Gasteiger partial charge in [0.15, 0.2) is 0 Å². The van der Waals surface area contributed by atoms with E-state index < -0.39 is 0 Å². The predicted molar refractivity (Wildman–Crippen MR) is 87.2 cm³/mol. The van der Waals surface area contributed by atoms with Crippen LogP contribution in [0.2, 0.25) is 0 Å². The predicted octanol–water partition coefficient (Wildman–Crippen LogP) is 3.42. The Kier molecular flexibility index (Phi) is 7.24. The van der Waals surface area contributed by atoms with Crippen molar-refractivity contribution >= 4 is 21.8 Å². The van der Waals surface area contributed by atoms with Gasteiger partial charge in [0.2, 0.25) is 5.91 Å².